The van der Waals surface area contributed by atoms with Gasteiger partial charge in [-0.25, -0.2) is 0 Å². The Morgan fingerprint density at radius 3 is 1.72 bits per heavy atom. The molecule has 4 aromatic carbocycles. The van der Waals surface area contributed by atoms with Gasteiger partial charge in [0.2, 0.25) is 5.91 Å². The molecule has 1 amide bonds. The summed E-state index contributed by atoms with van der Waals surface area (Å²) in [5.41, 5.74) is 9.90. The molecule has 0 aliphatic carbocycles. The van der Waals surface area contributed by atoms with Gasteiger partial charge in [0, 0.05) is 12.0 Å². The minimum atomic E-state index is -3.34. The van der Waals surface area contributed by atoms with Crippen LogP contribution in [-0.4, -0.2) is 78.9 Å². The Morgan fingerprint density at radius 1 is 0.759 bits per heavy atom. The number of hydrogen-bond donors (Lipinski definition) is 2. The number of aliphatic hydroxyl groups is 1. The summed E-state index contributed by atoms with van der Waals surface area (Å²) in [5.74, 6) is 0.0199. The summed E-state index contributed by atoms with van der Waals surface area (Å²) >= 11 is 0. The Bertz CT molecular complexity index is 1880. The molecule has 0 fully saturated rings. The summed E-state index contributed by atoms with van der Waals surface area (Å²) in [6.45, 7) is 16.4. The lowest BCUT2D eigenvalue weighted by atomic mass is 9.86. The van der Waals surface area contributed by atoms with Crippen LogP contribution in [0.25, 0.3) is 10.4 Å². The van der Waals surface area contributed by atoms with E-state index in [2.05, 4.69) is 70.0 Å². The van der Waals surface area contributed by atoms with Crippen LogP contribution in [0.5, 0.6) is 5.75 Å². The summed E-state index contributed by atoms with van der Waals surface area (Å²) < 4.78 is 32.8. The lowest BCUT2D eigenvalue weighted by Gasteiger charge is -2.47. The number of methoxy groups -OCH3 is 1. The largest absolute Gasteiger partial charge is 0.497 e. The molecule has 0 aliphatic heterocycles. The number of ether oxygens (including phenoxy) is 3. The standard InChI is InChI=1S/C45H62N4O7Si2/c1-43(2,3)57(9,10)55-32-39(50)40(53-30-35-26-28-36(52-8)29-27-35)41(54-31-34-20-14-11-15-21-34)45(48-49-46,42(51)47-7)33-56-58(44(4,5)6,37-22-16-12-17-23-37)38-24-18-13-19-25-38/h11-29,39-41,50H,30-33H2,1-10H3,(H,47,51)/t39-,40-,41-,45-/m0/s1. The van der Waals surface area contributed by atoms with E-state index in [1.165, 1.54) is 7.05 Å². The van der Waals surface area contributed by atoms with Crippen molar-refractivity contribution in [2.24, 2.45) is 5.11 Å². The lowest BCUT2D eigenvalue weighted by molar-refractivity contribution is -0.173. The zero-order chi connectivity index (χ0) is 42.6. The predicted molar refractivity (Wildman–Crippen MR) is 235 cm³/mol. The fourth-order valence-corrected chi connectivity index (χ4v) is 12.5. The van der Waals surface area contributed by atoms with Crippen molar-refractivity contribution in [2.45, 2.75) is 102 Å². The third-order valence-electron chi connectivity index (χ3n) is 11.2. The molecule has 58 heavy (non-hydrogen) atoms. The summed E-state index contributed by atoms with van der Waals surface area (Å²) in [6, 6.07) is 36.8. The number of benzene rings is 4. The van der Waals surface area contributed by atoms with Gasteiger partial charge < -0.3 is 33.5 Å². The van der Waals surface area contributed by atoms with Crippen molar-refractivity contribution in [1.82, 2.24) is 5.32 Å². The fourth-order valence-electron chi connectivity index (χ4n) is 6.87. The van der Waals surface area contributed by atoms with Crippen LogP contribution in [0.1, 0.15) is 52.7 Å². The first-order valence-electron chi connectivity index (χ1n) is 19.7. The van der Waals surface area contributed by atoms with Gasteiger partial charge in [0.05, 0.1) is 33.5 Å². The first-order chi connectivity index (χ1) is 27.5. The van der Waals surface area contributed by atoms with Crippen LogP contribution in [0, 0.1) is 0 Å². The van der Waals surface area contributed by atoms with Crippen molar-refractivity contribution in [1.29, 1.82) is 0 Å². The Labute approximate surface area is 346 Å². The van der Waals surface area contributed by atoms with E-state index in [0.29, 0.717) is 5.75 Å². The number of amides is 1. The van der Waals surface area contributed by atoms with Gasteiger partial charge in [-0.1, -0.05) is 150 Å². The molecule has 11 nitrogen and oxygen atoms in total. The van der Waals surface area contributed by atoms with Crippen LogP contribution in [0.4, 0.5) is 0 Å². The number of azide groups is 1. The highest BCUT2D eigenvalue weighted by Gasteiger charge is 2.57. The number of rotatable bonds is 20. The van der Waals surface area contributed by atoms with Gasteiger partial charge in [-0.2, -0.15) is 0 Å². The smallest absolute Gasteiger partial charge is 0.261 e. The highest BCUT2D eigenvalue weighted by Crippen LogP contribution is 2.40. The molecule has 312 valence electrons. The summed E-state index contributed by atoms with van der Waals surface area (Å²) in [7, 11) is -2.66. The van der Waals surface area contributed by atoms with Crippen LogP contribution >= 0.6 is 0 Å². The molecule has 0 aliphatic rings. The molecule has 2 N–H and O–H groups in total. The molecule has 0 bridgehead atoms. The molecule has 4 rings (SSSR count). The Balaban J connectivity index is 1.96. The third-order valence-corrected chi connectivity index (χ3v) is 20.7. The van der Waals surface area contributed by atoms with E-state index in [-0.39, 0.29) is 24.9 Å². The SMILES string of the molecule is CNC(=O)[C@@](CO[Si](c1ccccc1)(c1ccccc1)C(C)(C)C)(N=[N+]=[N-])[C@@H](OCc1ccccc1)[C@@H](OCc1ccc(OC)cc1)[C@@H](O)CO[Si](C)(C)C(C)(C)C. The van der Waals surface area contributed by atoms with Crippen molar-refractivity contribution in [3.8, 4) is 5.75 Å². The number of carbonyl (C=O) groups excluding carboxylic acids is 1. The van der Waals surface area contributed by atoms with Gasteiger partial charge in [-0.05, 0) is 62.3 Å². The highest BCUT2D eigenvalue weighted by atomic mass is 28.4. The molecule has 4 aromatic rings. The monoisotopic (exact) mass is 826 g/mol. The molecule has 0 aromatic heterocycles. The molecule has 13 heteroatoms. The van der Waals surface area contributed by atoms with E-state index in [1.807, 2.05) is 115 Å². The minimum absolute atomic E-state index is 0.00260. The van der Waals surface area contributed by atoms with Gasteiger partial charge in [0.15, 0.2) is 13.9 Å². The second-order valence-electron chi connectivity index (χ2n) is 17.1. The number of likely N-dealkylation sites (N-methyl/N-ethyl adjacent to an activating group) is 1. The summed E-state index contributed by atoms with van der Waals surface area (Å²) in [6.07, 6.45) is -3.99. The Morgan fingerprint density at radius 2 is 1.26 bits per heavy atom. The number of carbonyl (C=O) groups is 1. The Kier molecular flexibility index (Phi) is 16.1. The number of nitrogens with zero attached hydrogens (tertiary/aromatic N) is 3. The van der Waals surface area contributed by atoms with Crippen molar-refractivity contribution in [3.05, 3.63) is 137 Å². The van der Waals surface area contributed by atoms with E-state index >= 15 is 0 Å². The molecule has 0 unspecified atom stereocenters. The minimum Gasteiger partial charge on any atom is -0.497 e. The number of hydrogen-bond acceptors (Lipinski definition) is 8. The van der Waals surface area contributed by atoms with E-state index in [0.717, 1.165) is 21.5 Å². The normalized spacial score (nSPS) is 15.0. The van der Waals surface area contributed by atoms with Crippen molar-refractivity contribution < 1.29 is 33.0 Å². The maximum absolute atomic E-state index is 14.7. The van der Waals surface area contributed by atoms with E-state index in [1.54, 1.807) is 7.11 Å². The van der Waals surface area contributed by atoms with Crippen LogP contribution < -0.4 is 20.4 Å². The van der Waals surface area contributed by atoms with E-state index in [4.69, 9.17) is 23.1 Å². The highest BCUT2D eigenvalue weighted by molar-refractivity contribution is 6.99. The molecule has 0 radical (unpaired) electrons. The average Bonchev–Trinajstić information content (AvgIpc) is 3.21. The lowest BCUT2D eigenvalue weighted by Crippen LogP contribution is -2.70. The van der Waals surface area contributed by atoms with Crippen LogP contribution in [0.3, 0.4) is 0 Å². The average molecular weight is 827 g/mol. The second kappa shape index (κ2) is 20.1. The quantitative estimate of drug-likeness (QED) is 0.0399. The Hall–Kier alpha value is -4.31. The van der Waals surface area contributed by atoms with Gasteiger partial charge in [-0.3, -0.25) is 4.79 Å². The predicted octanol–water partition coefficient (Wildman–Crippen LogP) is 7.92. The first kappa shape index (κ1) is 46.4. The maximum atomic E-state index is 14.7. The van der Waals surface area contributed by atoms with Crippen molar-refractivity contribution in [3.63, 3.8) is 0 Å². The van der Waals surface area contributed by atoms with Gasteiger partial charge in [0.25, 0.3) is 8.32 Å². The molecule has 0 spiro atoms. The second-order valence-corrected chi connectivity index (χ2v) is 26.2. The molecule has 0 heterocycles. The van der Waals surface area contributed by atoms with Crippen molar-refractivity contribution >= 4 is 32.9 Å². The third kappa shape index (κ3) is 10.8. The number of aliphatic hydroxyl groups excluding tert-OH is 1. The first-order valence-corrected chi connectivity index (χ1v) is 24.5. The van der Waals surface area contributed by atoms with Crippen LogP contribution in [-0.2, 0) is 36.3 Å². The summed E-state index contributed by atoms with van der Waals surface area (Å²) in [5, 5.41) is 20.7. The topological polar surface area (TPSA) is 144 Å². The zero-order valence-corrected chi connectivity index (χ0v) is 37.8. The van der Waals surface area contributed by atoms with E-state index < -0.39 is 58.0 Å². The van der Waals surface area contributed by atoms with Crippen LogP contribution in [0.15, 0.2) is 120 Å². The number of nitrogens with one attached hydrogen (secondary N) is 1. The molecular weight excluding hydrogens is 765 g/mol. The van der Waals surface area contributed by atoms with Gasteiger partial charge in [0.1, 0.15) is 24.1 Å². The molecule has 4 atom stereocenters. The van der Waals surface area contributed by atoms with Gasteiger partial charge >= 0.3 is 0 Å². The van der Waals surface area contributed by atoms with E-state index in [9.17, 15) is 15.4 Å². The maximum Gasteiger partial charge on any atom is 0.261 e. The molecular formula is C45H62N4O7Si2. The fraction of sp³-hybridized carbons (Fsp3) is 0.444. The van der Waals surface area contributed by atoms with Crippen molar-refractivity contribution in [2.75, 3.05) is 27.4 Å². The molecule has 0 saturated heterocycles. The van der Waals surface area contributed by atoms with Crippen LogP contribution in [0.2, 0.25) is 23.2 Å². The zero-order valence-electron chi connectivity index (χ0n) is 35.8. The molecule has 0 saturated carbocycles. The van der Waals surface area contributed by atoms with Gasteiger partial charge in [-0.15, -0.1) is 0 Å². The summed E-state index contributed by atoms with van der Waals surface area (Å²) in [4.78, 5) is 18.0.